The molecular weight excluding hydrogens is 486 g/mol. The number of aryl methyl sites for hydroxylation is 1. The quantitative estimate of drug-likeness (QED) is 0.279. The summed E-state index contributed by atoms with van der Waals surface area (Å²) in [7, 11) is 0. The predicted octanol–water partition coefficient (Wildman–Crippen LogP) is 4.98. The Kier molecular flexibility index (Phi) is 6.18. The van der Waals surface area contributed by atoms with Gasteiger partial charge in [-0.1, -0.05) is 23.4 Å². The van der Waals surface area contributed by atoms with Crippen molar-refractivity contribution in [2.75, 3.05) is 18.0 Å². The first-order valence-electron chi connectivity index (χ1n) is 10.6. The lowest BCUT2D eigenvalue weighted by molar-refractivity contribution is 0.141. The summed E-state index contributed by atoms with van der Waals surface area (Å²) in [4.78, 5) is 14.8. The average Bonchev–Trinajstić information content (AvgIpc) is 3.49. The van der Waals surface area contributed by atoms with Gasteiger partial charge in [-0.15, -0.1) is 0 Å². The first kappa shape index (κ1) is 22.9. The number of nitrogens with zero attached hydrogens (tertiary/aromatic N) is 6. The Morgan fingerprint density at radius 3 is 2.74 bits per heavy atom. The number of hydrogen-bond donors (Lipinski definition) is 2. The largest absolute Gasteiger partial charge is 0.444 e. The van der Waals surface area contributed by atoms with Crippen LogP contribution in [-0.4, -0.2) is 44.5 Å². The number of oxazole rings is 1. The van der Waals surface area contributed by atoms with E-state index in [0.717, 1.165) is 11.3 Å². The number of H-pyrrole nitrogens is 1. The molecule has 1 aromatic carbocycles. The molecule has 35 heavy (non-hydrogen) atoms. The van der Waals surface area contributed by atoms with E-state index in [2.05, 4.69) is 31.1 Å². The van der Waals surface area contributed by atoms with Crippen LogP contribution < -0.4 is 4.90 Å². The molecule has 4 heterocycles. The molecule has 11 heteroatoms. The van der Waals surface area contributed by atoms with Crippen molar-refractivity contribution < 1.29 is 9.52 Å². The molecule has 0 spiro atoms. The van der Waals surface area contributed by atoms with Gasteiger partial charge in [0.15, 0.2) is 0 Å². The molecule has 0 radical (unpaired) electrons. The highest BCUT2D eigenvalue weighted by Crippen LogP contribution is 2.44. The number of nitrogens with one attached hydrogen (secondary N) is 1. The molecule has 0 atom stereocenters. The Balaban J connectivity index is 1.51. The smallest absolute Gasteiger partial charge is 0.239 e. The molecule has 4 aromatic rings. The summed E-state index contributed by atoms with van der Waals surface area (Å²) in [5.74, 6) is 1.30. The molecule has 0 amide bonds. The number of aliphatic hydroxyl groups excluding tert-OH is 1. The molecule has 0 unspecified atom stereocenters. The molecule has 3 aromatic heterocycles. The Morgan fingerprint density at radius 2 is 2.11 bits per heavy atom. The molecular formula is C24H18ClN7O2S. The second-order valence-electron chi connectivity index (χ2n) is 8.00. The van der Waals surface area contributed by atoms with Crippen molar-refractivity contribution in [1.29, 1.82) is 5.26 Å². The number of nitriles is 1. The Hall–Kier alpha value is -3.83. The minimum absolute atomic E-state index is 0.246. The lowest BCUT2D eigenvalue weighted by Gasteiger charge is -2.38. The van der Waals surface area contributed by atoms with E-state index in [1.807, 2.05) is 24.0 Å². The van der Waals surface area contributed by atoms with Crippen LogP contribution in [0.25, 0.3) is 27.6 Å². The maximum Gasteiger partial charge on any atom is 0.239 e. The fourth-order valence-corrected chi connectivity index (χ4v) is 4.73. The van der Waals surface area contributed by atoms with Crippen molar-refractivity contribution in [1.82, 2.24) is 20.2 Å². The number of aliphatic hydroxyl groups is 1. The van der Waals surface area contributed by atoms with E-state index in [9.17, 15) is 10.4 Å². The van der Waals surface area contributed by atoms with Crippen molar-refractivity contribution in [2.24, 2.45) is 0 Å². The second kappa shape index (κ2) is 9.43. The summed E-state index contributed by atoms with van der Waals surface area (Å²) in [5, 5.41) is 28.1. The number of hydrogen-bond acceptors (Lipinski definition) is 8. The van der Waals surface area contributed by atoms with E-state index in [0.29, 0.717) is 57.6 Å². The number of aromatic nitrogens is 4. The minimum atomic E-state index is -0.473. The molecule has 174 valence electrons. The van der Waals surface area contributed by atoms with Crippen molar-refractivity contribution in [2.45, 2.75) is 23.8 Å². The summed E-state index contributed by atoms with van der Waals surface area (Å²) in [6.07, 6.45) is 1.10. The number of thioether (sulfide) groups is 1. The van der Waals surface area contributed by atoms with Crippen LogP contribution in [-0.2, 0) is 5.75 Å². The number of pyridine rings is 1. The Labute approximate surface area is 210 Å². The highest BCUT2D eigenvalue weighted by molar-refractivity contribution is 7.98. The Bertz CT molecular complexity index is 1480. The number of β-amino-alcohol motifs (C(OH)–C–C–N with tert-alkyl or cyclic N) is 1. The van der Waals surface area contributed by atoms with Gasteiger partial charge in [0.25, 0.3) is 0 Å². The average molecular weight is 504 g/mol. The zero-order valence-corrected chi connectivity index (χ0v) is 20.1. The van der Waals surface area contributed by atoms with Crippen LogP contribution in [0.4, 0.5) is 11.5 Å². The number of benzene rings is 1. The normalized spacial score (nSPS) is 13.3. The summed E-state index contributed by atoms with van der Waals surface area (Å²) < 4.78 is 5.63. The molecule has 9 nitrogen and oxygen atoms in total. The Morgan fingerprint density at radius 1 is 1.34 bits per heavy atom. The topological polar surface area (TPSA) is 119 Å². The first-order valence-corrected chi connectivity index (χ1v) is 12.0. The van der Waals surface area contributed by atoms with Crippen LogP contribution in [0.3, 0.4) is 0 Å². The molecule has 1 fully saturated rings. The summed E-state index contributed by atoms with van der Waals surface area (Å²) in [6.45, 7) is 10.4. The number of rotatable bonds is 6. The fourth-order valence-electron chi connectivity index (χ4n) is 3.74. The molecule has 2 N–H and O–H groups in total. The van der Waals surface area contributed by atoms with Crippen molar-refractivity contribution in [3.8, 4) is 28.8 Å². The minimum Gasteiger partial charge on any atom is -0.444 e. The van der Waals surface area contributed by atoms with Gasteiger partial charge >= 0.3 is 0 Å². The van der Waals surface area contributed by atoms with Crippen molar-refractivity contribution in [3.05, 3.63) is 70.0 Å². The van der Waals surface area contributed by atoms with Crippen LogP contribution in [0.5, 0.6) is 0 Å². The zero-order valence-electron chi connectivity index (χ0n) is 18.5. The zero-order chi connectivity index (χ0) is 24.5. The van der Waals surface area contributed by atoms with Crippen LogP contribution in [0, 0.1) is 24.8 Å². The number of anilines is 1. The van der Waals surface area contributed by atoms with Crippen LogP contribution >= 0.6 is 23.4 Å². The van der Waals surface area contributed by atoms with E-state index in [-0.39, 0.29) is 11.3 Å². The number of aromatic amines is 1. The third-order valence-corrected chi connectivity index (χ3v) is 6.73. The summed E-state index contributed by atoms with van der Waals surface area (Å²) in [5.41, 5.74) is 3.75. The highest BCUT2D eigenvalue weighted by Gasteiger charge is 2.32. The van der Waals surface area contributed by atoms with Gasteiger partial charge in [-0.3, -0.25) is 5.10 Å². The van der Waals surface area contributed by atoms with Crippen LogP contribution in [0.1, 0.15) is 17.0 Å². The lowest BCUT2D eigenvalue weighted by Crippen LogP contribution is -2.51. The van der Waals surface area contributed by atoms with Gasteiger partial charge in [-0.2, -0.15) is 10.4 Å². The van der Waals surface area contributed by atoms with E-state index in [4.69, 9.17) is 22.6 Å². The van der Waals surface area contributed by atoms with Crippen molar-refractivity contribution >= 4 is 34.9 Å². The summed E-state index contributed by atoms with van der Waals surface area (Å²) >= 11 is 7.29. The lowest BCUT2D eigenvalue weighted by atomic mass is 10.0. The van der Waals surface area contributed by atoms with E-state index in [1.54, 1.807) is 24.5 Å². The number of halogens is 1. The molecule has 5 rings (SSSR count). The van der Waals surface area contributed by atoms with Gasteiger partial charge in [0, 0.05) is 40.7 Å². The van der Waals surface area contributed by atoms with Gasteiger partial charge in [-0.05, 0) is 37.3 Å². The van der Waals surface area contributed by atoms with Gasteiger partial charge in [-0.25, -0.2) is 14.8 Å². The predicted molar refractivity (Wildman–Crippen MR) is 132 cm³/mol. The molecule has 1 saturated heterocycles. The third-order valence-electron chi connectivity index (χ3n) is 5.47. The first-order chi connectivity index (χ1) is 17.0. The fraction of sp³-hybridized carbons (Fsp3) is 0.208. The molecule has 0 saturated carbocycles. The van der Waals surface area contributed by atoms with Gasteiger partial charge in [0.05, 0.1) is 29.6 Å². The molecule has 0 aliphatic carbocycles. The maximum absolute atomic E-state index is 10.1. The maximum atomic E-state index is 10.1. The monoisotopic (exact) mass is 503 g/mol. The van der Waals surface area contributed by atoms with E-state index < -0.39 is 6.10 Å². The standard InChI is InChI=1S/C24H18ClN7O2S/c1-13-7-19(31-30-13)20-18(8-26)24(29-22(21(20)27-2)32-9-17(33)10-32)35-12-16-11-34-23(28-16)14-3-5-15(25)6-4-14/h3-7,11,17,33H,9-10,12H2,1H3,(H,30,31). The summed E-state index contributed by atoms with van der Waals surface area (Å²) in [6, 6.07) is 11.2. The van der Waals surface area contributed by atoms with Crippen LogP contribution in [0.15, 0.2) is 46.0 Å². The highest BCUT2D eigenvalue weighted by atomic mass is 35.5. The second-order valence-corrected chi connectivity index (χ2v) is 9.40. The third kappa shape index (κ3) is 4.47. The van der Waals surface area contributed by atoms with E-state index >= 15 is 0 Å². The SMILES string of the molecule is [C-]#[N+]c1c(N2CC(O)C2)nc(SCc2coc(-c3ccc(Cl)cc3)n2)c(C#N)c1-c1cc(C)[nH]n1. The van der Waals surface area contributed by atoms with E-state index in [1.165, 1.54) is 11.8 Å². The molecule has 1 aliphatic rings. The van der Waals surface area contributed by atoms with Crippen LogP contribution in [0.2, 0.25) is 5.02 Å². The van der Waals surface area contributed by atoms with Crippen molar-refractivity contribution in [3.63, 3.8) is 0 Å². The van der Waals surface area contributed by atoms with Gasteiger partial charge in [0.2, 0.25) is 11.6 Å². The molecule has 1 aliphatic heterocycles. The van der Waals surface area contributed by atoms with Gasteiger partial charge < -0.3 is 14.4 Å². The molecule has 0 bridgehead atoms. The van der Waals surface area contributed by atoms with Gasteiger partial charge in [0.1, 0.15) is 23.2 Å².